The number of ether oxygens (including phenoxy) is 2. The van der Waals surface area contributed by atoms with Crippen LogP contribution in [0.25, 0.3) is 0 Å². The van der Waals surface area contributed by atoms with Crippen LogP contribution in [0.2, 0.25) is 0 Å². The van der Waals surface area contributed by atoms with E-state index in [9.17, 15) is 4.79 Å². The van der Waals surface area contributed by atoms with Gasteiger partial charge in [-0.05, 0) is 18.9 Å². The largest absolute Gasteiger partial charge is 0.512 e. The van der Waals surface area contributed by atoms with Gasteiger partial charge in [0.1, 0.15) is 0 Å². The zero-order valence-corrected chi connectivity index (χ0v) is 7.71. The lowest BCUT2D eigenvalue weighted by atomic mass is 10.2. The van der Waals surface area contributed by atoms with E-state index in [1.807, 2.05) is 6.08 Å². The van der Waals surface area contributed by atoms with E-state index in [0.717, 1.165) is 12.8 Å². The number of rotatable bonds is 5. The molecule has 3 nitrogen and oxygen atoms in total. The van der Waals surface area contributed by atoms with E-state index < -0.39 is 6.16 Å². The second kappa shape index (κ2) is 8.11. The van der Waals surface area contributed by atoms with Crippen LogP contribution in [0.1, 0.15) is 32.6 Å². The maximum atomic E-state index is 10.4. The van der Waals surface area contributed by atoms with Crippen LogP contribution in [0.15, 0.2) is 12.3 Å². The van der Waals surface area contributed by atoms with E-state index in [-0.39, 0.29) is 0 Å². The van der Waals surface area contributed by atoms with Crippen molar-refractivity contribution >= 4 is 6.16 Å². The van der Waals surface area contributed by atoms with Crippen LogP contribution in [-0.2, 0) is 9.47 Å². The molecule has 0 rings (SSSR count). The minimum Gasteiger partial charge on any atom is -0.437 e. The molecule has 0 amide bonds. The molecule has 0 fully saturated rings. The molecule has 0 aromatic heterocycles. The third kappa shape index (κ3) is 7.12. The molecule has 0 heterocycles. The zero-order chi connectivity index (χ0) is 9.23. The number of carbonyl (C=O) groups excluding carboxylic acids is 1. The fraction of sp³-hybridized carbons (Fsp3) is 0.667. The monoisotopic (exact) mass is 172 g/mol. The third-order valence-corrected chi connectivity index (χ3v) is 1.40. The second-order valence-corrected chi connectivity index (χ2v) is 2.44. The minimum atomic E-state index is -0.665. The fourth-order valence-electron chi connectivity index (χ4n) is 0.732. The Morgan fingerprint density at radius 2 is 2.17 bits per heavy atom. The summed E-state index contributed by atoms with van der Waals surface area (Å²) >= 11 is 0. The predicted octanol–water partition coefficient (Wildman–Crippen LogP) is 2.86. The molecule has 3 heteroatoms. The summed E-state index contributed by atoms with van der Waals surface area (Å²) in [5.74, 6) is 0. The highest BCUT2D eigenvalue weighted by molar-refractivity contribution is 5.60. The Hall–Kier alpha value is -0.990. The summed E-state index contributed by atoms with van der Waals surface area (Å²) in [7, 11) is 1.28. The Kier molecular flexibility index (Phi) is 7.44. The lowest BCUT2D eigenvalue weighted by Gasteiger charge is -1.94. The molecule has 0 aliphatic rings. The summed E-state index contributed by atoms with van der Waals surface area (Å²) in [6.45, 7) is 2.15. The summed E-state index contributed by atoms with van der Waals surface area (Å²) < 4.78 is 8.80. The molecule has 0 aliphatic carbocycles. The molecule has 0 atom stereocenters. The topological polar surface area (TPSA) is 35.5 Å². The van der Waals surface area contributed by atoms with Gasteiger partial charge in [-0.15, -0.1) is 0 Å². The van der Waals surface area contributed by atoms with Crippen LogP contribution in [0.3, 0.4) is 0 Å². The van der Waals surface area contributed by atoms with Gasteiger partial charge < -0.3 is 9.47 Å². The number of methoxy groups -OCH3 is 1. The normalized spacial score (nSPS) is 10.2. The number of hydrogen-bond donors (Lipinski definition) is 0. The van der Waals surface area contributed by atoms with Crippen molar-refractivity contribution in [2.75, 3.05) is 7.11 Å². The maximum absolute atomic E-state index is 10.4. The lowest BCUT2D eigenvalue weighted by molar-refractivity contribution is 0.105. The Bertz CT molecular complexity index is 141. The molecular weight excluding hydrogens is 156 g/mol. The average molecular weight is 172 g/mol. The summed E-state index contributed by atoms with van der Waals surface area (Å²) in [6, 6.07) is 0. The molecule has 12 heavy (non-hydrogen) atoms. The molecule has 0 bridgehead atoms. The Balaban J connectivity index is 3.19. The standard InChI is InChI=1S/C9H16O3/c1-3-4-5-6-7-8-12-9(10)11-2/h7-8H,3-6H2,1-2H3/b8-7+. The Labute approximate surface area is 73.4 Å². The molecule has 0 aliphatic heterocycles. The Morgan fingerprint density at radius 3 is 2.75 bits per heavy atom. The maximum Gasteiger partial charge on any atom is 0.512 e. The summed E-state index contributed by atoms with van der Waals surface area (Å²) in [5.41, 5.74) is 0. The molecule has 0 saturated heterocycles. The van der Waals surface area contributed by atoms with Gasteiger partial charge in [-0.2, -0.15) is 0 Å². The number of hydrogen-bond acceptors (Lipinski definition) is 3. The number of unbranched alkanes of at least 4 members (excludes halogenated alkanes) is 3. The smallest absolute Gasteiger partial charge is 0.437 e. The van der Waals surface area contributed by atoms with Crippen LogP contribution >= 0.6 is 0 Å². The molecule has 0 unspecified atom stereocenters. The van der Waals surface area contributed by atoms with Crippen LogP contribution in [0.4, 0.5) is 4.79 Å². The molecule has 0 aromatic carbocycles. The number of allylic oxidation sites excluding steroid dienone is 1. The van der Waals surface area contributed by atoms with Gasteiger partial charge in [0.15, 0.2) is 0 Å². The van der Waals surface area contributed by atoms with Crippen molar-refractivity contribution in [2.24, 2.45) is 0 Å². The summed E-state index contributed by atoms with van der Waals surface area (Å²) in [6.07, 6.45) is 7.03. The van der Waals surface area contributed by atoms with Crippen molar-refractivity contribution < 1.29 is 14.3 Å². The van der Waals surface area contributed by atoms with Crippen molar-refractivity contribution in [1.29, 1.82) is 0 Å². The van der Waals surface area contributed by atoms with Gasteiger partial charge in [0.25, 0.3) is 0 Å². The van der Waals surface area contributed by atoms with Crippen molar-refractivity contribution in [2.45, 2.75) is 32.6 Å². The van der Waals surface area contributed by atoms with E-state index in [1.54, 1.807) is 0 Å². The first-order valence-electron chi connectivity index (χ1n) is 4.21. The average Bonchev–Trinajstić information content (AvgIpc) is 2.10. The second-order valence-electron chi connectivity index (χ2n) is 2.44. The first kappa shape index (κ1) is 11.0. The minimum absolute atomic E-state index is 0.665. The van der Waals surface area contributed by atoms with E-state index in [4.69, 9.17) is 0 Å². The highest BCUT2D eigenvalue weighted by Crippen LogP contribution is 1.99. The SMILES string of the molecule is CCCCC/C=C/OC(=O)OC. The van der Waals surface area contributed by atoms with Crippen LogP contribution in [0.5, 0.6) is 0 Å². The summed E-state index contributed by atoms with van der Waals surface area (Å²) in [5, 5.41) is 0. The van der Waals surface area contributed by atoms with Crippen molar-refractivity contribution in [3.05, 3.63) is 12.3 Å². The van der Waals surface area contributed by atoms with Gasteiger partial charge in [0, 0.05) is 0 Å². The van der Waals surface area contributed by atoms with Gasteiger partial charge >= 0.3 is 6.16 Å². The Morgan fingerprint density at radius 1 is 1.42 bits per heavy atom. The molecule has 0 aromatic rings. The van der Waals surface area contributed by atoms with Gasteiger partial charge in [-0.3, -0.25) is 0 Å². The van der Waals surface area contributed by atoms with Gasteiger partial charge in [0.05, 0.1) is 13.4 Å². The van der Waals surface area contributed by atoms with E-state index in [1.165, 1.54) is 26.2 Å². The van der Waals surface area contributed by atoms with Crippen LogP contribution < -0.4 is 0 Å². The molecule has 0 radical (unpaired) electrons. The summed E-state index contributed by atoms with van der Waals surface area (Å²) in [4.78, 5) is 10.4. The van der Waals surface area contributed by atoms with Crippen LogP contribution in [-0.4, -0.2) is 13.3 Å². The van der Waals surface area contributed by atoms with Crippen LogP contribution in [0, 0.1) is 0 Å². The zero-order valence-electron chi connectivity index (χ0n) is 7.71. The highest BCUT2D eigenvalue weighted by atomic mass is 16.7. The van der Waals surface area contributed by atoms with Gasteiger partial charge in [-0.25, -0.2) is 4.79 Å². The molecule has 0 saturated carbocycles. The molecule has 0 spiro atoms. The van der Waals surface area contributed by atoms with Gasteiger partial charge in [0.2, 0.25) is 0 Å². The van der Waals surface area contributed by atoms with E-state index in [2.05, 4.69) is 16.4 Å². The van der Waals surface area contributed by atoms with Crippen molar-refractivity contribution in [1.82, 2.24) is 0 Å². The molecule has 70 valence electrons. The van der Waals surface area contributed by atoms with E-state index in [0.29, 0.717) is 0 Å². The first-order valence-corrected chi connectivity index (χ1v) is 4.21. The first-order chi connectivity index (χ1) is 5.81. The van der Waals surface area contributed by atoms with Crippen molar-refractivity contribution in [3.63, 3.8) is 0 Å². The van der Waals surface area contributed by atoms with Gasteiger partial charge in [-0.1, -0.05) is 19.8 Å². The fourth-order valence-corrected chi connectivity index (χ4v) is 0.732. The number of carbonyl (C=O) groups is 1. The third-order valence-electron chi connectivity index (χ3n) is 1.40. The molecule has 0 N–H and O–H groups in total. The van der Waals surface area contributed by atoms with Crippen molar-refractivity contribution in [3.8, 4) is 0 Å². The molecular formula is C9H16O3. The highest BCUT2D eigenvalue weighted by Gasteiger charge is 1.93. The van der Waals surface area contributed by atoms with E-state index >= 15 is 0 Å². The quantitative estimate of drug-likeness (QED) is 0.363. The predicted molar refractivity (Wildman–Crippen MR) is 46.8 cm³/mol. The lowest BCUT2D eigenvalue weighted by Crippen LogP contribution is -1.97.